The van der Waals surface area contributed by atoms with Crippen LogP contribution in [0, 0.1) is 0 Å². The summed E-state index contributed by atoms with van der Waals surface area (Å²) in [6.45, 7) is 4.50. The summed E-state index contributed by atoms with van der Waals surface area (Å²) in [4.78, 5) is 48.3. The highest BCUT2D eigenvalue weighted by atomic mass is 16.5. The van der Waals surface area contributed by atoms with Gasteiger partial charge in [0.05, 0.1) is 12.5 Å². The molecule has 1 aromatic carbocycles. The van der Waals surface area contributed by atoms with Gasteiger partial charge in [-0.15, -0.1) is 0 Å². The molecule has 0 spiro atoms. The monoisotopic (exact) mass is 361 g/mol. The number of esters is 1. The first-order valence-corrected chi connectivity index (χ1v) is 8.35. The molecule has 1 heterocycles. The van der Waals surface area contributed by atoms with Crippen LogP contribution in [-0.4, -0.2) is 47.4 Å². The lowest BCUT2D eigenvalue weighted by Gasteiger charge is -2.16. The molecule has 4 amide bonds. The molecule has 1 saturated heterocycles. The van der Waals surface area contributed by atoms with Gasteiger partial charge in [-0.2, -0.15) is 0 Å². The number of hydrogen-bond donors (Lipinski definition) is 2. The van der Waals surface area contributed by atoms with Gasteiger partial charge in [-0.3, -0.25) is 19.3 Å². The minimum absolute atomic E-state index is 0.0883. The molecule has 2 rings (SSSR count). The summed E-state index contributed by atoms with van der Waals surface area (Å²) in [5.74, 6) is -1.48. The van der Waals surface area contributed by atoms with Crippen molar-refractivity contribution < 1.29 is 23.9 Å². The number of urea groups is 1. The average Bonchev–Trinajstić information content (AvgIpc) is 2.79. The molecular formula is C18H23N3O5. The summed E-state index contributed by atoms with van der Waals surface area (Å²) < 4.78 is 4.90. The summed E-state index contributed by atoms with van der Waals surface area (Å²) in [5.41, 5.74) is -0.0394. The van der Waals surface area contributed by atoms with E-state index < -0.39 is 36.0 Å². The summed E-state index contributed by atoms with van der Waals surface area (Å²) in [6, 6.07) is 8.64. The number of imide groups is 1. The first kappa shape index (κ1) is 19.4. The zero-order valence-corrected chi connectivity index (χ0v) is 15.1. The lowest BCUT2D eigenvalue weighted by atomic mass is 10.1. The molecule has 140 valence electrons. The Hall–Kier alpha value is -2.90. The topological polar surface area (TPSA) is 105 Å². The Morgan fingerprint density at radius 3 is 2.46 bits per heavy atom. The molecule has 0 radical (unpaired) electrons. The van der Waals surface area contributed by atoms with Gasteiger partial charge in [0.2, 0.25) is 0 Å². The van der Waals surface area contributed by atoms with Crippen molar-refractivity contribution in [1.82, 2.24) is 15.5 Å². The first-order chi connectivity index (χ1) is 12.2. The predicted octanol–water partition coefficient (Wildman–Crippen LogP) is 1.13. The number of rotatable bonds is 7. The van der Waals surface area contributed by atoms with Gasteiger partial charge in [-0.25, -0.2) is 4.79 Å². The number of benzene rings is 1. The van der Waals surface area contributed by atoms with Crippen molar-refractivity contribution in [2.24, 2.45) is 0 Å². The molecule has 0 unspecified atom stereocenters. The van der Waals surface area contributed by atoms with Crippen molar-refractivity contribution in [2.45, 2.75) is 38.8 Å². The van der Waals surface area contributed by atoms with Crippen LogP contribution in [0.5, 0.6) is 0 Å². The van der Waals surface area contributed by atoms with E-state index in [0.717, 1.165) is 10.5 Å². The zero-order valence-electron chi connectivity index (χ0n) is 15.1. The number of carbonyl (C=O) groups excluding carboxylic acids is 4. The Labute approximate surface area is 151 Å². The zero-order chi connectivity index (χ0) is 19.3. The molecule has 0 aliphatic carbocycles. The van der Waals surface area contributed by atoms with Gasteiger partial charge < -0.3 is 15.4 Å². The Balaban J connectivity index is 1.72. The highest BCUT2D eigenvalue weighted by Crippen LogP contribution is 2.16. The lowest BCUT2D eigenvalue weighted by molar-refractivity contribution is -0.149. The molecular weight excluding hydrogens is 338 g/mol. The summed E-state index contributed by atoms with van der Waals surface area (Å²) >= 11 is 0. The Morgan fingerprint density at radius 1 is 1.23 bits per heavy atom. The molecule has 8 heteroatoms. The number of hydrogen-bond acceptors (Lipinski definition) is 5. The maximum Gasteiger partial charge on any atom is 0.325 e. The second kappa shape index (κ2) is 7.99. The maximum absolute atomic E-state index is 12.0. The van der Waals surface area contributed by atoms with Crippen molar-refractivity contribution in [3.05, 3.63) is 35.9 Å². The van der Waals surface area contributed by atoms with Crippen molar-refractivity contribution in [3.63, 3.8) is 0 Å². The van der Waals surface area contributed by atoms with Crippen LogP contribution in [0.2, 0.25) is 0 Å². The van der Waals surface area contributed by atoms with Crippen LogP contribution in [0.3, 0.4) is 0 Å². The van der Waals surface area contributed by atoms with Crippen LogP contribution in [0.25, 0.3) is 0 Å². The van der Waals surface area contributed by atoms with E-state index in [2.05, 4.69) is 10.6 Å². The van der Waals surface area contributed by atoms with E-state index in [0.29, 0.717) is 0 Å². The number of nitrogens with zero attached hydrogens (tertiary/aromatic N) is 1. The minimum Gasteiger partial charge on any atom is -0.456 e. The molecule has 1 fully saturated rings. The number of nitrogens with one attached hydrogen (secondary N) is 2. The molecule has 0 aromatic heterocycles. The summed E-state index contributed by atoms with van der Waals surface area (Å²) in [7, 11) is 0. The molecule has 0 saturated carbocycles. The number of amides is 4. The fourth-order valence-electron chi connectivity index (χ4n) is 2.55. The van der Waals surface area contributed by atoms with E-state index in [9.17, 15) is 19.2 Å². The van der Waals surface area contributed by atoms with Crippen molar-refractivity contribution in [1.29, 1.82) is 0 Å². The Morgan fingerprint density at radius 2 is 1.88 bits per heavy atom. The molecule has 0 bridgehead atoms. The smallest absolute Gasteiger partial charge is 0.325 e. The first-order valence-electron chi connectivity index (χ1n) is 8.35. The third-order valence-electron chi connectivity index (χ3n) is 4.03. The van der Waals surface area contributed by atoms with Crippen LogP contribution in [0.4, 0.5) is 4.79 Å². The van der Waals surface area contributed by atoms with Gasteiger partial charge in [-0.1, -0.05) is 30.3 Å². The van der Waals surface area contributed by atoms with Crippen molar-refractivity contribution in [2.75, 3.05) is 13.2 Å². The highest BCUT2D eigenvalue weighted by Gasteiger charge is 2.44. The molecule has 1 aliphatic heterocycles. The molecule has 1 aliphatic rings. The predicted molar refractivity (Wildman–Crippen MR) is 92.9 cm³/mol. The van der Waals surface area contributed by atoms with Crippen LogP contribution in [0.1, 0.15) is 38.8 Å². The van der Waals surface area contributed by atoms with E-state index in [4.69, 9.17) is 4.74 Å². The van der Waals surface area contributed by atoms with Crippen LogP contribution >= 0.6 is 0 Å². The molecule has 1 atom stereocenters. The second-order valence-electron chi connectivity index (χ2n) is 6.62. The third kappa shape index (κ3) is 4.81. The quantitative estimate of drug-likeness (QED) is 0.559. The molecule has 2 N–H and O–H groups in total. The SMILES string of the molecule is C[C@H](NC(=O)COC(=O)CCN1C(=O)NC(C)(C)C1=O)c1ccccc1. The average molecular weight is 361 g/mol. The van der Waals surface area contributed by atoms with Crippen molar-refractivity contribution in [3.8, 4) is 0 Å². The number of carbonyl (C=O) groups is 4. The Bertz CT molecular complexity index is 702. The van der Waals surface area contributed by atoms with E-state index >= 15 is 0 Å². The van der Waals surface area contributed by atoms with Crippen LogP contribution in [0.15, 0.2) is 30.3 Å². The summed E-state index contributed by atoms with van der Waals surface area (Å²) in [5, 5.41) is 5.25. The second-order valence-corrected chi connectivity index (χ2v) is 6.62. The van der Waals surface area contributed by atoms with Gasteiger partial charge in [0.1, 0.15) is 5.54 Å². The van der Waals surface area contributed by atoms with E-state index in [1.165, 1.54) is 0 Å². The van der Waals surface area contributed by atoms with Gasteiger partial charge >= 0.3 is 12.0 Å². The van der Waals surface area contributed by atoms with Crippen LogP contribution < -0.4 is 10.6 Å². The number of ether oxygens (including phenoxy) is 1. The van der Waals surface area contributed by atoms with Crippen molar-refractivity contribution >= 4 is 23.8 Å². The maximum atomic E-state index is 12.0. The normalized spacial score (nSPS) is 16.8. The van der Waals surface area contributed by atoms with Gasteiger partial charge in [0, 0.05) is 6.54 Å². The van der Waals surface area contributed by atoms with Gasteiger partial charge in [-0.05, 0) is 26.3 Å². The van der Waals surface area contributed by atoms with Gasteiger partial charge in [0.15, 0.2) is 6.61 Å². The van der Waals surface area contributed by atoms with E-state index in [1.807, 2.05) is 37.3 Å². The van der Waals surface area contributed by atoms with E-state index in [-0.39, 0.29) is 19.0 Å². The van der Waals surface area contributed by atoms with Crippen LogP contribution in [-0.2, 0) is 19.1 Å². The standard InChI is InChI=1S/C18H23N3O5/c1-12(13-7-5-4-6-8-13)19-14(22)11-26-15(23)9-10-21-16(24)18(2,3)20-17(21)25/h4-8,12H,9-11H2,1-3H3,(H,19,22)(H,20,25)/t12-/m0/s1. The van der Waals surface area contributed by atoms with E-state index in [1.54, 1.807) is 13.8 Å². The Kier molecular flexibility index (Phi) is 5.97. The van der Waals surface area contributed by atoms with Gasteiger partial charge in [0.25, 0.3) is 11.8 Å². The minimum atomic E-state index is -0.978. The third-order valence-corrected chi connectivity index (χ3v) is 4.03. The largest absolute Gasteiger partial charge is 0.456 e. The molecule has 26 heavy (non-hydrogen) atoms. The molecule has 1 aromatic rings. The fourth-order valence-corrected chi connectivity index (χ4v) is 2.55. The molecule has 8 nitrogen and oxygen atoms in total. The fraction of sp³-hybridized carbons (Fsp3) is 0.444. The lowest BCUT2D eigenvalue weighted by Crippen LogP contribution is -2.40. The summed E-state index contributed by atoms with van der Waals surface area (Å²) in [6.07, 6.45) is -0.170. The highest BCUT2D eigenvalue weighted by molar-refractivity contribution is 6.06.